The molecule has 0 saturated carbocycles. The molecule has 25 nitrogen and oxygen atoms in total. The molecule has 2 aromatic rings. The Hall–Kier alpha value is -7.31. The van der Waals surface area contributed by atoms with E-state index < -0.39 is 126 Å². The lowest BCUT2D eigenvalue weighted by molar-refractivity contribution is -0.146. The van der Waals surface area contributed by atoms with Crippen molar-refractivity contribution in [3.05, 3.63) is 48.0 Å². The number of rotatable bonds is 30. The molecule has 1 aliphatic heterocycles. The highest BCUT2D eigenvalue weighted by Crippen LogP contribution is 2.22. The summed E-state index contributed by atoms with van der Waals surface area (Å²) in [5.41, 5.74) is 11.9. The minimum absolute atomic E-state index is 0.0247. The summed E-state index contributed by atoms with van der Waals surface area (Å²) in [5.74, 6) is -9.58. The number of carboxylic acids is 2. The summed E-state index contributed by atoms with van der Waals surface area (Å²) in [7, 11) is 1.38. The number of likely N-dealkylation sites (N-methyl/N-ethyl adjacent to an activating group) is 1. The number of nitrogens with zero attached hydrogens (tertiary/aromatic N) is 3. The number of nitrogens with two attached hydrogens (primary N) is 2. The second-order valence-electron chi connectivity index (χ2n) is 18.7. The number of guanidine groups is 1. The van der Waals surface area contributed by atoms with Gasteiger partial charge in [-0.3, -0.25) is 43.3 Å². The van der Waals surface area contributed by atoms with Crippen LogP contribution in [0.2, 0.25) is 0 Å². The third kappa shape index (κ3) is 18.7. The van der Waals surface area contributed by atoms with Crippen molar-refractivity contribution in [3.63, 3.8) is 0 Å². The van der Waals surface area contributed by atoms with Crippen LogP contribution in [0.25, 0.3) is 0 Å². The molecular formula is C48H75N13O12. The van der Waals surface area contributed by atoms with Crippen LogP contribution in [0.15, 0.2) is 41.8 Å². The first-order chi connectivity index (χ1) is 34.5. The van der Waals surface area contributed by atoms with Crippen LogP contribution in [0.5, 0.6) is 5.75 Å². The molecule has 0 unspecified atom stereocenters. The monoisotopic (exact) mass is 1030 g/mol. The summed E-state index contributed by atoms with van der Waals surface area (Å²) in [6.07, 6.45) is 3.69. The summed E-state index contributed by atoms with van der Waals surface area (Å²) in [6.45, 7) is 10.5. The highest BCUT2D eigenvalue weighted by atomic mass is 16.4. The fraction of sp³-hybridized carbons (Fsp3) is 0.604. The van der Waals surface area contributed by atoms with Crippen LogP contribution < -0.4 is 48.7 Å². The third-order valence-corrected chi connectivity index (χ3v) is 12.9. The van der Waals surface area contributed by atoms with E-state index in [9.17, 15) is 58.5 Å². The van der Waals surface area contributed by atoms with Gasteiger partial charge < -0.3 is 73.9 Å². The van der Waals surface area contributed by atoms with Crippen LogP contribution in [0, 0.1) is 17.8 Å². The molecule has 10 atom stereocenters. The minimum Gasteiger partial charge on any atom is -0.508 e. The van der Waals surface area contributed by atoms with Crippen molar-refractivity contribution in [2.24, 2.45) is 34.2 Å². The molecule has 0 spiro atoms. The number of amides is 7. The number of phenols is 1. The van der Waals surface area contributed by atoms with Gasteiger partial charge in [0.25, 0.3) is 0 Å². The van der Waals surface area contributed by atoms with Gasteiger partial charge >= 0.3 is 11.9 Å². The van der Waals surface area contributed by atoms with Gasteiger partial charge in [-0.2, -0.15) is 0 Å². The molecule has 7 amide bonds. The molecule has 1 saturated heterocycles. The number of aromatic amines is 1. The lowest BCUT2D eigenvalue weighted by atomic mass is 9.96. The number of phenolic OH excluding ortho intramolecular Hbond substituents is 1. The third-order valence-electron chi connectivity index (χ3n) is 12.9. The molecule has 404 valence electrons. The molecule has 1 aromatic carbocycles. The zero-order valence-electron chi connectivity index (χ0n) is 42.6. The van der Waals surface area contributed by atoms with E-state index in [1.807, 2.05) is 0 Å². The normalized spacial score (nSPS) is 17.0. The molecular weight excluding hydrogens is 951 g/mol. The van der Waals surface area contributed by atoms with Crippen LogP contribution in [-0.2, 0) is 56.0 Å². The lowest BCUT2D eigenvalue weighted by Crippen LogP contribution is -2.62. The second kappa shape index (κ2) is 29.3. The van der Waals surface area contributed by atoms with Gasteiger partial charge in [-0.05, 0) is 68.2 Å². The molecule has 3 rings (SSSR count). The predicted octanol–water partition coefficient (Wildman–Crippen LogP) is -1.25. The summed E-state index contributed by atoms with van der Waals surface area (Å²) in [6, 6.07) is -4.19. The van der Waals surface area contributed by atoms with E-state index in [0.717, 1.165) is 0 Å². The maximum Gasteiger partial charge on any atom is 0.326 e. The smallest absolute Gasteiger partial charge is 0.326 e. The number of hydrogen-bond donors (Lipinski definition) is 13. The highest BCUT2D eigenvalue weighted by molar-refractivity contribution is 5.98. The van der Waals surface area contributed by atoms with Gasteiger partial charge in [0.1, 0.15) is 48.0 Å². The molecule has 0 radical (unpaired) electrons. The van der Waals surface area contributed by atoms with Crippen molar-refractivity contribution >= 4 is 59.2 Å². The van der Waals surface area contributed by atoms with E-state index in [2.05, 4.69) is 52.2 Å². The average Bonchev–Trinajstić information content (AvgIpc) is 4.06. The Bertz CT molecular complexity index is 2220. The summed E-state index contributed by atoms with van der Waals surface area (Å²) in [5, 5.41) is 47.9. The average molecular weight is 1030 g/mol. The largest absolute Gasteiger partial charge is 0.508 e. The first kappa shape index (κ1) is 60.0. The van der Waals surface area contributed by atoms with Crippen molar-refractivity contribution in [2.75, 3.05) is 20.1 Å². The number of aliphatic imine (C=N–C) groups is 1. The molecule has 1 aromatic heterocycles. The number of imidazole rings is 1. The Kier molecular flexibility index (Phi) is 24.1. The number of carbonyl (C=O) groups is 9. The van der Waals surface area contributed by atoms with Crippen molar-refractivity contribution in [3.8, 4) is 5.75 Å². The zero-order valence-corrected chi connectivity index (χ0v) is 42.6. The number of aromatic nitrogens is 2. The number of nitrogens with one attached hydrogen (secondary N) is 8. The van der Waals surface area contributed by atoms with Crippen LogP contribution in [0.3, 0.4) is 0 Å². The van der Waals surface area contributed by atoms with E-state index in [1.165, 1.54) is 48.7 Å². The summed E-state index contributed by atoms with van der Waals surface area (Å²) < 4.78 is 0. The van der Waals surface area contributed by atoms with Gasteiger partial charge in [0.2, 0.25) is 41.4 Å². The predicted molar refractivity (Wildman–Crippen MR) is 267 cm³/mol. The van der Waals surface area contributed by atoms with Gasteiger partial charge in [0, 0.05) is 37.8 Å². The Balaban J connectivity index is 1.95. The number of aliphatic carboxylic acids is 2. The molecule has 1 fully saturated rings. The standard InChI is InChI=1S/C48H75N13O12/c1-8-26(5)38(45(70)57-34(21-29-23-52-24-54-29)46(71)61-19-11-13-35(61)43(68)60-39(47(72)73)27(6)9-2)59-42(67)33(20-28-14-16-30(62)17-15-28)56-44(69)37(25(3)4)58-40(65)31(12-10-18-53-48(49)50)55-41(66)32(51-7)22-36(63)64/h14-17,23-27,31-35,37-39,51,62H,8-13,18-22H2,1-7H3,(H,52,54)(H,55,66)(H,56,69)(H,57,70)(H,58,65)(H,59,67)(H,60,68)(H,63,64)(H,72,73)(H4,49,50,53)/t26-,27-,31-,32-,33-,34-,35-,37-,38-,39-/m0/s1. The molecule has 0 bridgehead atoms. The van der Waals surface area contributed by atoms with Gasteiger partial charge in [0.05, 0.1) is 18.8 Å². The number of benzene rings is 1. The fourth-order valence-electron chi connectivity index (χ4n) is 8.14. The zero-order chi connectivity index (χ0) is 54.5. The minimum atomic E-state index is -1.41. The number of carbonyl (C=O) groups excluding carboxylic acids is 7. The molecule has 0 aliphatic carbocycles. The van der Waals surface area contributed by atoms with Crippen molar-refractivity contribution in [1.82, 2.24) is 52.1 Å². The Labute approximate surface area is 424 Å². The van der Waals surface area contributed by atoms with Crippen molar-refractivity contribution in [2.45, 2.75) is 148 Å². The fourth-order valence-corrected chi connectivity index (χ4v) is 8.14. The van der Waals surface area contributed by atoms with Crippen molar-refractivity contribution < 1.29 is 58.5 Å². The highest BCUT2D eigenvalue weighted by Gasteiger charge is 2.41. The van der Waals surface area contributed by atoms with E-state index in [-0.39, 0.29) is 56.9 Å². The SMILES string of the molecule is CC[C@H](C)[C@H](NC(=O)[C@@H]1CCCN1C(=O)[C@H](Cc1cnc[nH]1)NC(=O)[C@@H](NC(=O)[C@H](Cc1ccc(O)cc1)NC(=O)[C@@H](NC(=O)[C@H](CCCN=C(N)N)NC(=O)[C@H](CC(=O)O)NC)C(C)C)[C@@H](C)CC)C(=O)O. The Morgan fingerprint density at radius 2 is 1.33 bits per heavy atom. The maximum absolute atomic E-state index is 14.6. The van der Waals surface area contributed by atoms with Crippen molar-refractivity contribution in [1.29, 1.82) is 0 Å². The van der Waals surface area contributed by atoms with Crippen LogP contribution in [-0.4, -0.2) is 158 Å². The first-order valence-electron chi connectivity index (χ1n) is 24.6. The maximum atomic E-state index is 14.6. The van der Waals surface area contributed by atoms with Crippen LogP contribution >= 0.6 is 0 Å². The summed E-state index contributed by atoms with van der Waals surface area (Å²) in [4.78, 5) is 134. The molecule has 2 heterocycles. The Morgan fingerprint density at radius 3 is 1.89 bits per heavy atom. The number of likely N-dealkylation sites (tertiary alicyclic amines) is 1. The topological polar surface area (TPSA) is 395 Å². The van der Waals surface area contributed by atoms with E-state index in [1.54, 1.807) is 41.5 Å². The van der Waals surface area contributed by atoms with E-state index in [0.29, 0.717) is 30.5 Å². The van der Waals surface area contributed by atoms with Crippen LogP contribution in [0.4, 0.5) is 0 Å². The summed E-state index contributed by atoms with van der Waals surface area (Å²) >= 11 is 0. The number of aromatic hydroxyl groups is 1. The van der Waals surface area contributed by atoms with Gasteiger partial charge in [-0.1, -0.05) is 66.5 Å². The number of carboxylic acid groups (broad SMARTS) is 2. The molecule has 1 aliphatic rings. The number of hydrogen-bond acceptors (Lipinski definition) is 13. The van der Waals surface area contributed by atoms with E-state index in [4.69, 9.17) is 11.5 Å². The second-order valence-corrected chi connectivity index (χ2v) is 18.7. The molecule has 73 heavy (non-hydrogen) atoms. The first-order valence-corrected chi connectivity index (χ1v) is 24.6. The molecule has 15 N–H and O–H groups in total. The molecule has 25 heteroatoms. The number of H-pyrrole nitrogens is 1. The lowest BCUT2D eigenvalue weighted by Gasteiger charge is -2.32. The Morgan fingerprint density at radius 1 is 0.753 bits per heavy atom. The van der Waals surface area contributed by atoms with Gasteiger partial charge in [-0.15, -0.1) is 0 Å². The van der Waals surface area contributed by atoms with Crippen LogP contribution in [0.1, 0.15) is 97.7 Å². The van der Waals surface area contributed by atoms with E-state index >= 15 is 0 Å². The van der Waals surface area contributed by atoms with Gasteiger partial charge in [0.15, 0.2) is 5.96 Å². The quantitative estimate of drug-likeness (QED) is 0.0247. The van der Waals surface area contributed by atoms with Gasteiger partial charge in [-0.25, -0.2) is 9.78 Å².